The van der Waals surface area contributed by atoms with Crippen LogP contribution in [0.4, 0.5) is 5.69 Å². The third kappa shape index (κ3) is 3.28. The maximum absolute atomic E-state index is 5.69. The summed E-state index contributed by atoms with van der Waals surface area (Å²) in [6.07, 6.45) is 0. The van der Waals surface area contributed by atoms with Crippen molar-refractivity contribution in [3.8, 4) is 5.75 Å². The summed E-state index contributed by atoms with van der Waals surface area (Å²) in [5.41, 5.74) is 8.22. The molecule has 1 aromatic carbocycles. The number of benzene rings is 1. The Morgan fingerprint density at radius 2 is 1.95 bits per heavy atom. The summed E-state index contributed by atoms with van der Waals surface area (Å²) in [6, 6.07) is 10.3. The lowest BCUT2D eigenvalue weighted by atomic mass is 10.2. The second-order valence-electron chi connectivity index (χ2n) is 4.55. The Kier molecular flexibility index (Phi) is 4.45. The zero-order valence-electron chi connectivity index (χ0n) is 11.6. The molecule has 2 aromatic rings. The topological polar surface area (TPSA) is 38.5 Å². The van der Waals surface area contributed by atoms with Gasteiger partial charge in [-0.3, -0.25) is 0 Å². The number of anilines is 1. The van der Waals surface area contributed by atoms with Gasteiger partial charge in [-0.15, -0.1) is 11.3 Å². The van der Waals surface area contributed by atoms with Gasteiger partial charge in [0.1, 0.15) is 5.75 Å². The van der Waals surface area contributed by atoms with Crippen LogP contribution in [0.2, 0.25) is 0 Å². The van der Waals surface area contributed by atoms with Gasteiger partial charge in [-0.1, -0.05) is 0 Å². The maximum atomic E-state index is 5.69. The zero-order chi connectivity index (χ0) is 13.8. The number of methoxy groups -OCH3 is 1. The Balaban J connectivity index is 2.10. The van der Waals surface area contributed by atoms with E-state index in [-0.39, 0.29) is 0 Å². The molecule has 0 aliphatic rings. The van der Waals surface area contributed by atoms with Crippen molar-refractivity contribution in [3.63, 3.8) is 0 Å². The van der Waals surface area contributed by atoms with Crippen molar-refractivity contribution in [1.29, 1.82) is 0 Å². The van der Waals surface area contributed by atoms with E-state index in [1.54, 1.807) is 18.4 Å². The van der Waals surface area contributed by atoms with E-state index in [2.05, 4.69) is 37.1 Å². The van der Waals surface area contributed by atoms with Crippen molar-refractivity contribution >= 4 is 17.0 Å². The first-order valence-corrected chi connectivity index (χ1v) is 7.09. The molecule has 0 atom stereocenters. The first kappa shape index (κ1) is 13.9. The highest BCUT2D eigenvalue weighted by atomic mass is 32.1. The van der Waals surface area contributed by atoms with Crippen LogP contribution in [-0.4, -0.2) is 14.2 Å². The average Bonchev–Trinajstić information content (AvgIpc) is 2.79. The minimum Gasteiger partial charge on any atom is -0.497 e. The zero-order valence-corrected chi connectivity index (χ0v) is 12.5. The first-order chi connectivity index (χ1) is 9.13. The summed E-state index contributed by atoms with van der Waals surface area (Å²) in [5.74, 6) is 0.884. The van der Waals surface area contributed by atoms with Crippen LogP contribution in [0.25, 0.3) is 0 Å². The van der Waals surface area contributed by atoms with Gasteiger partial charge in [0.15, 0.2) is 0 Å². The lowest BCUT2D eigenvalue weighted by molar-refractivity contribution is 0.415. The van der Waals surface area contributed by atoms with Crippen molar-refractivity contribution in [1.82, 2.24) is 0 Å². The fourth-order valence-corrected chi connectivity index (χ4v) is 2.96. The molecule has 0 fully saturated rings. The van der Waals surface area contributed by atoms with Gasteiger partial charge in [-0.25, -0.2) is 0 Å². The first-order valence-electron chi connectivity index (χ1n) is 6.27. The number of hydrogen-bond acceptors (Lipinski definition) is 4. The second kappa shape index (κ2) is 6.08. The molecule has 0 aliphatic carbocycles. The number of aryl methyl sites for hydroxylation is 1. The summed E-state index contributed by atoms with van der Waals surface area (Å²) in [4.78, 5) is 4.82. The van der Waals surface area contributed by atoms with Crippen molar-refractivity contribution < 1.29 is 4.74 Å². The van der Waals surface area contributed by atoms with Crippen LogP contribution in [0.5, 0.6) is 5.75 Å². The molecular weight excluding hydrogens is 256 g/mol. The molecule has 4 heteroatoms. The van der Waals surface area contributed by atoms with Crippen molar-refractivity contribution in [3.05, 3.63) is 45.6 Å². The Bertz CT molecular complexity index is 534. The Labute approximate surface area is 118 Å². The molecule has 0 amide bonds. The quantitative estimate of drug-likeness (QED) is 0.911. The molecule has 3 nitrogen and oxygen atoms in total. The molecule has 2 N–H and O–H groups in total. The van der Waals surface area contributed by atoms with Crippen LogP contribution in [-0.2, 0) is 13.1 Å². The van der Waals surface area contributed by atoms with Crippen molar-refractivity contribution in [2.45, 2.75) is 20.0 Å². The molecule has 0 aliphatic heterocycles. The van der Waals surface area contributed by atoms with Crippen LogP contribution in [0.3, 0.4) is 0 Å². The summed E-state index contributed by atoms with van der Waals surface area (Å²) >= 11 is 1.79. The molecule has 1 heterocycles. The van der Waals surface area contributed by atoms with E-state index in [0.29, 0.717) is 6.54 Å². The van der Waals surface area contributed by atoms with Crippen LogP contribution in [0.15, 0.2) is 30.3 Å². The van der Waals surface area contributed by atoms with E-state index in [0.717, 1.165) is 12.3 Å². The van der Waals surface area contributed by atoms with Crippen LogP contribution in [0.1, 0.15) is 15.3 Å². The maximum Gasteiger partial charge on any atom is 0.119 e. The van der Waals surface area contributed by atoms with Gasteiger partial charge >= 0.3 is 0 Å². The molecule has 1 aromatic heterocycles. The highest BCUT2D eigenvalue weighted by Gasteiger charge is 2.08. The van der Waals surface area contributed by atoms with E-state index in [4.69, 9.17) is 10.5 Å². The Morgan fingerprint density at radius 1 is 1.26 bits per heavy atom. The van der Waals surface area contributed by atoms with Crippen molar-refractivity contribution in [2.75, 3.05) is 19.1 Å². The monoisotopic (exact) mass is 276 g/mol. The summed E-state index contributed by atoms with van der Waals surface area (Å²) in [7, 11) is 3.78. The summed E-state index contributed by atoms with van der Waals surface area (Å²) in [6.45, 7) is 3.67. The largest absolute Gasteiger partial charge is 0.497 e. The standard InChI is InChI=1S/C15H20N2OS/c1-11-12(8-15(9-16)19-11)10-17(2)13-4-6-14(18-3)7-5-13/h4-8H,9-10,16H2,1-3H3. The van der Waals surface area contributed by atoms with E-state index in [9.17, 15) is 0 Å². The molecule has 0 radical (unpaired) electrons. The number of rotatable bonds is 5. The minimum atomic E-state index is 0.623. The molecule has 0 bridgehead atoms. The fraction of sp³-hybridized carbons (Fsp3) is 0.333. The van der Waals surface area contributed by atoms with Gasteiger partial charge < -0.3 is 15.4 Å². The molecule has 0 saturated carbocycles. The molecule has 0 unspecified atom stereocenters. The number of ether oxygens (including phenoxy) is 1. The fourth-order valence-electron chi connectivity index (χ4n) is 2.03. The smallest absolute Gasteiger partial charge is 0.119 e. The highest BCUT2D eigenvalue weighted by Crippen LogP contribution is 2.25. The van der Waals surface area contributed by atoms with Gasteiger partial charge in [0.2, 0.25) is 0 Å². The number of nitrogens with two attached hydrogens (primary N) is 1. The predicted molar refractivity (Wildman–Crippen MR) is 82.0 cm³/mol. The molecule has 102 valence electrons. The third-order valence-electron chi connectivity index (χ3n) is 3.19. The highest BCUT2D eigenvalue weighted by molar-refractivity contribution is 7.12. The van der Waals surface area contributed by atoms with Crippen LogP contribution < -0.4 is 15.4 Å². The van der Waals surface area contributed by atoms with Gasteiger partial charge in [-0.05, 0) is 42.8 Å². The van der Waals surface area contributed by atoms with Crippen LogP contribution >= 0.6 is 11.3 Å². The summed E-state index contributed by atoms with van der Waals surface area (Å²) < 4.78 is 5.17. The molecule has 0 spiro atoms. The van der Waals surface area contributed by atoms with Crippen molar-refractivity contribution in [2.24, 2.45) is 5.73 Å². The second-order valence-corrected chi connectivity index (χ2v) is 5.89. The Morgan fingerprint density at radius 3 is 2.47 bits per heavy atom. The minimum absolute atomic E-state index is 0.623. The lowest BCUT2D eigenvalue weighted by Crippen LogP contribution is -2.16. The average molecular weight is 276 g/mol. The summed E-state index contributed by atoms with van der Waals surface area (Å²) in [5, 5.41) is 0. The van der Waals surface area contributed by atoms with Crippen LogP contribution in [0, 0.1) is 6.92 Å². The van der Waals surface area contributed by atoms with E-state index >= 15 is 0 Å². The van der Waals surface area contributed by atoms with Gasteiger partial charge in [0.05, 0.1) is 7.11 Å². The van der Waals surface area contributed by atoms with Gasteiger partial charge in [-0.2, -0.15) is 0 Å². The lowest BCUT2D eigenvalue weighted by Gasteiger charge is -2.19. The van der Waals surface area contributed by atoms with E-state index < -0.39 is 0 Å². The Hall–Kier alpha value is -1.52. The number of thiophene rings is 1. The van der Waals surface area contributed by atoms with Gasteiger partial charge in [0, 0.05) is 35.6 Å². The normalized spacial score (nSPS) is 10.5. The van der Waals surface area contributed by atoms with E-state index in [1.807, 2.05) is 12.1 Å². The molecular formula is C15H20N2OS. The predicted octanol–water partition coefficient (Wildman–Crippen LogP) is 3.16. The third-order valence-corrected chi connectivity index (χ3v) is 4.31. The molecule has 2 rings (SSSR count). The van der Waals surface area contributed by atoms with E-state index in [1.165, 1.54) is 21.0 Å². The number of nitrogens with zero attached hydrogens (tertiary/aromatic N) is 1. The number of hydrogen-bond donors (Lipinski definition) is 1. The molecule has 19 heavy (non-hydrogen) atoms. The molecule has 0 saturated heterocycles. The van der Waals surface area contributed by atoms with Gasteiger partial charge in [0.25, 0.3) is 0 Å². The SMILES string of the molecule is COc1ccc(N(C)Cc2cc(CN)sc2C)cc1.